The van der Waals surface area contributed by atoms with Gasteiger partial charge in [-0.2, -0.15) is 0 Å². The summed E-state index contributed by atoms with van der Waals surface area (Å²) in [5.74, 6) is -0.895. The van der Waals surface area contributed by atoms with Crippen molar-refractivity contribution < 1.29 is 28.6 Å². The van der Waals surface area contributed by atoms with Crippen LogP contribution in [0.25, 0.3) is 0 Å². The standard InChI is InChI=1S/C69H116O6/c1-4-7-10-13-16-19-22-25-26-27-28-29-30-31-32-33-34-35-36-37-38-39-40-41-42-43-44-45-48-50-53-56-59-62-68(71)74-65-66(75-69(72)63-60-57-54-51-47-24-21-18-15-12-9-6-3)64-73-67(70)61-58-55-52-49-46-23-20-17-14-11-8-5-2/h7,10,16,18-19,21,25-26,28-29,31-32,34-35,37-38,40-41,66H,4-6,8-9,11-15,17,20,22-24,27,30,33,36,39,42-65H2,1-3H3/b10-7-,19-16-,21-18-,26-25-,29-28-,32-31-,35-34-,38-37-,41-40-. The summed E-state index contributed by atoms with van der Waals surface area (Å²) in [6.45, 7) is 6.49. The zero-order valence-electron chi connectivity index (χ0n) is 49.0. The van der Waals surface area contributed by atoms with Crippen molar-refractivity contribution in [2.75, 3.05) is 13.2 Å². The summed E-state index contributed by atoms with van der Waals surface area (Å²) in [5.41, 5.74) is 0. The Morgan fingerprint density at radius 3 is 0.853 bits per heavy atom. The maximum Gasteiger partial charge on any atom is 0.306 e. The fourth-order valence-corrected chi connectivity index (χ4v) is 8.57. The number of ether oxygens (including phenoxy) is 3. The summed E-state index contributed by atoms with van der Waals surface area (Å²) in [4.78, 5) is 38.1. The molecule has 0 aliphatic carbocycles. The van der Waals surface area contributed by atoms with Gasteiger partial charge in [-0.3, -0.25) is 14.4 Å². The zero-order valence-corrected chi connectivity index (χ0v) is 49.0. The molecule has 0 aromatic carbocycles. The average molecular weight is 1040 g/mol. The molecule has 0 aliphatic heterocycles. The van der Waals surface area contributed by atoms with Crippen LogP contribution in [-0.4, -0.2) is 37.2 Å². The van der Waals surface area contributed by atoms with Crippen LogP contribution in [0.3, 0.4) is 0 Å². The van der Waals surface area contributed by atoms with Crippen LogP contribution >= 0.6 is 0 Å². The Morgan fingerprint density at radius 2 is 0.520 bits per heavy atom. The predicted molar refractivity (Wildman–Crippen MR) is 325 cm³/mol. The second-order valence-corrected chi connectivity index (χ2v) is 20.6. The van der Waals surface area contributed by atoms with E-state index in [4.69, 9.17) is 14.2 Å². The van der Waals surface area contributed by atoms with Gasteiger partial charge in [0.05, 0.1) is 0 Å². The molecule has 0 rings (SSSR count). The van der Waals surface area contributed by atoms with Gasteiger partial charge in [0.25, 0.3) is 0 Å². The summed E-state index contributed by atoms with van der Waals surface area (Å²) >= 11 is 0. The van der Waals surface area contributed by atoms with Crippen LogP contribution in [0.2, 0.25) is 0 Å². The third-order valence-electron chi connectivity index (χ3n) is 13.3. The molecule has 1 unspecified atom stereocenters. The molecule has 0 amide bonds. The Balaban J connectivity index is 4.20. The number of hydrogen-bond acceptors (Lipinski definition) is 6. The van der Waals surface area contributed by atoms with E-state index in [1.165, 1.54) is 122 Å². The van der Waals surface area contributed by atoms with E-state index in [2.05, 4.69) is 130 Å². The van der Waals surface area contributed by atoms with Gasteiger partial charge in [0.2, 0.25) is 0 Å². The van der Waals surface area contributed by atoms with E-state index in [1.54, 1.807) is 0 Å². The van der Waals surface area contributed by atoms with E-state index in [-0.39, 0.29) is 31.1 Å². The average Bonchev–Trinajstić information content (AvgIpc) is 3.41. The number of hydrogen-bond donors (Lipinski definition) is 0. The molecular weight excluding hydrogens is 925 g/mol. The highest BCUT2D eigenvalue weighted by atomic mass is 16.6. The van der Waals surface area contributed by atoms with Crippen molar-refractivity contribution in [3.63, 3.8) is 0 Å². The van der Waals surface area contributed by atoms with Gasteiger partial charge in [-0.1, -0.05) is 271 Å². The van der Waals surface area contributed by atoms with Crippen LogP contribution in [0, 0.1) is 0 Å². The number of carbonyl (C=O) groups is 3. The number of carbonyl (C=O) groups excluding carboxylic acids is 3. The lowest BCUT2D eigenvalue weighted by Crippen LogP contribution is -2.30. The lowest BCUT2D eigenvalue weighted by Gasteiger charge is -2.18. The minimum Gasteiger partial charge on any atom is -0.462 e. The lowest BCUT2D eigenvalue weighted by atomic mass is 10.0. The Kier molecular flexibility index (Phi) is 59.3. The second kappa shape index (κ2) is 62.6. The van der Waals surface area contributed by atoms with Crippen molar-refractivity contribution in [3.8, 4) is 0 Å². The fourth-order valence-electron chi connectivity index (χ4n) is 8.57. The molecule has 0 spiro atoms. The van der Waals surface area contributed by atoms with E-state index in [0.717, 1.165) is 128 Å². The van der Waals surface area contributed by atoms with Crippen LogP contribution < -0.4 is 0 Å². The molecule has 0 saturated carbocycles. The largest absolute Gasteiger partial charge is 0.462 e. The molecule has 0 radical (unpaired) electrons. The van der Waals surface area contributed by atoms with E-state index in [9.17, 15) is 14.4 Å². The van der Waals surface area contributed by atoms with Gasteiger partial charge >= 0.3 is 17.9 Å². The number of esters is 3. The number of unbranched alkanes of at least 4 members (excludes halogenated alkanes) is 27. The van der Waals surface area contributed by atoms with Crippen LogP contribution in [0.4, 0.5) is 0 Å². The Bertz CT molecular complexity index is 1520. The van der Waals surface area contributed by atoms with Crippen LogP contribution in [-0.2, 0) is 28.6 Å². The van der Waals surface area contributed by atoms with Crippen LogP contribution in [0.5, 0.6) is 0 Å². The van der Waals surface area contributed by atoms with Crippen molar-refractivity contribution in [2.24, 2.45) is 0 Å². The molecule has 0 bridgehead atoms. The first-order chi connectivity index (χ1) is 37.0. The van der Waals surface area contributed by atoms with Gasteiger partial charge < -0.3 is 14.2 Å². The smallest absolute Gasteiger partial charge is 0.306 e. The maximum atomic E-state index is 12.8. The molecule has 6 heteroatoms. The molecule has 0 heterocycles. The second-order valence-electron chi connectivity index (χ2n) is 20.6. The molecule has 428 valence electrons. The molecule has 1 atom stereocenters. The zero-order chi connectivity index (χ0) is 54.3. The summed E-state index contributed by atoms with van der Waals surface area (Å²) in [5, 5.41) is 0. The molecule has 0 aromatic heterocycles. The van der Waals surface area contributed by atoms with E-state index in [0.29, 0.717) is 19.3 Å². The van der Waals surface area contributed by atoms with Crippen molar-refractivity contribution in [1.29, 1.82) is 0 Å². The topological polar surface area (TPSA) is 78.9 Å². The summed E-state index contributed by atoms with van der Waals surface area (Å²) in [7, 11) is 0. The predicted octanol–water partition coefficient (Wildman–Crippen LogP) is 21.4. The Morgan fingerprint density at radius 1 is 0.280 bits per heavy atom. The van der Waals surface area contributed by atoms with Gasteiger partial charge in [-0.05, 0) is 109 Å². The molecule has 0 saturated heterocycles. The van der Waals surface area contributed by atoms with E-state index < -0.39 is 6.10 Å². The van der Waals surface area contributed by atoms with Gasteiger partial charge in [0.15, 0.2) is 6.10 Å². The summed E-state index contributed by atoms with van der Waals surface area (Å²) in [6, 6.07) is 0. The number of allylic oxidation sites excluding steroid dienone is 18. The van der Waals surface area contributed by atoms with Gasteiger partial charge in [0.1, 0.15) is 13.2 Å². The minimum atomic E-state index is -0.784. The van der Waals surface area contributed by atoms with Crippen molar-refractivity contribution >= 4 is 17.9 Å². The van der Waals surface area contributed by atoms with E-state index >= 15 is 0 Å². The third-order valence-corrected chi connectivity index (χ3v) is 13.3. The lowest BCUT2D eigenvalue weighted by molar-refractivity contribution is -0.167. The Labute approximate surface area is 463 Å². The maximum absolute atomic E-state index is 12.8. The molecule has 0 fully saturated rings. The van der Waals surface area contributed by atoms with Crippen molar-refractivity contribution in [2.45, 2.75) is 297 Å². The minimum absolute atomic E-state index is 0.0813. The molecule has 0 aromatic rings. The van der Waals surface area contributed by atoms with Gasteiger partial charge in [0, 0.05) is 19.3 Å². The Hall–Kier alpha value is -3.93. The van der Waals surface area contributed by atoms with Gasteiger partial charge in [-0.25, -0.2) is 0 Å². The first-order valence-corrected chi connectivity index (χ1v) is 31.4. The molecule has 0 N–H and O–H groups in total. The molecular formula is C69H116O6. The van der Waals surface area contributed by atoms with Crippen molar-refractivity contribution in [3.05, 3.63) is 109 Å². The molecule has 6 nitrogen and oxygen atoms in total. The fraction of sp³-hybridized carbons (Fsp3) is 0.696. The number of rotatable bonds is 56. The highest BCUT2D eigenvalue weighted by molar-refractivity contribution is 5.71. The quantitative estimate of drug-likeness (QED) is 0.0261. The van der Waals surface area contributed by atoms with Crippen molar-refractivity contribution in [1.82, 2.24) is 0 Å². The SMILES string of the molecule is CC/C=C\C/C=C\C/C=C\C/C=C\C/C=C\C/C=C\C/C=C\C/C=C\CCCCCCCCCCC(=O)OCC(COC(=O)CCCCCCCCCCCCCC)OC(=O)CCCCCCC/C=C\CCCCC. The van der Waals surface area contributed by atoms with E-state index in [1.807, 2.05) is 0 Å². The highest BCUT2D eigenvalue weighted by Crippen LogP contribution is 2.15. The monoisotopic (exact) mass is 1040 g/mol. The first kappa shape index (κ1) is 71.1. The van der Waals surface area contributed by atoms with Crippen LogP contribution in [0.15, 0.2) is 109 Å². The van der Waals surface area contributed by atoms with Crippen LogP contribution in [0.1, 0.15) is 290 Å². The third kappa shape index (κ3) is 60.8. The summed E-state index contributed by atoms with van der Waals surface area (Å²) in [6.07, 6.45) is 85.3. The molecule has 0 aliphatic rings. The molecule has 75 heavy (non-hydrogen) atoms. The highest BCUT2D eigenvalue weighted by Gasteiger charge is 2.19. The van der Waals surface area contributed by atoms with Gasteiger partial charge in [-0.15, -0.1) is 0 Å². The first-order valence-electron chi connectivity index (χ1n) is 31.4. The summed E-state index contributed by atoms with van der Waals surface area (Å²) < 4.78 is 16.9. The normalized spacial score (nSPS) is 12.8.